The summed E-state index contributed by atoms with van der Waals surface area (Å²) in [6, 6.07) is 9.90. The molecule has 0 N–H and O–H groups in total. The van der Waals surface area contributed by atoms with Crippen LogP contribution in [0.5, 0.6) is 0 Å². The summed E-state index contributed by atoms with van der Waals surface area (Å²) in [5, 5.41) is 8.68. The molecule has 6 nitrogen and oxygen atoms in total. The third kappa shape index (κ3) is 4.86. The topological polar surface area (TPSA) is 70.2 Å². The van der Waals surface area contributed by atoms with Crippen LogP contribution in [0.3, 0.4) is 0 Å². The third-order valence-corrected chi connectivity index (χ3v) is 4.38. The Kier molecular flexibility index (Phi) is 5.76. The van der Waals surface area contributed by atoms with E-state index < -0.39 is 5.97 Å². The first-order valence-electron chi connectivity index (χ1n) is 8.48. The molecule has 140 valence electrons. The Hall–Kier alpha value is -2.86. The van der Waals surface area contributed by atoms with Crippen LogP contribution in [0.25, 0.3) is 6.08 Å². The van der Waals surface area contributed by atoms with Gasteiger partial charge in [-0.2, -0.15) is 5.10 Å². The smallest absolute Gasteiger partial charge is 0.331 e. The highest BCUT2D eigenvalue weighted by Gasteiger charge is 2.12. The quantitative estimate of drug-likeness (QED) is 0.468. The van der Waals surface area contributed by atoms with Crippen molar-refractivity contribution in [3.63, 3.8) is 0 Å². The summed E-state index contributed by atoms with van der Waals surface area (Å²) in [7, 11) is 0. The first-order chi connectivity index (χ1) is 12.9. The first-order valence-corrected chi connectivity index (χ1v) is 8.85. The van der Waals surface area contributed by atoms with E-state index in [-0.39, 0.29) is 6.61 Å². The van der Waals surface area contributed by atoms with E-state index in [1.807, 2.05) is 38.1 Å². The molecule has 2 heterocycles. The van der Waals surface area contributed by atoms with E-state index in [0.29, 0.717) is 23.0 Å². The minimum Gasteiger partial charge on any atom is -0.454 e. The second kappa shape index (κ2) is 8.22. The number of aryl methyl sites for hydroxylation is 3. The molecule has 0 radical (unpaired) electrons. The number of hydrogen-bond acceptors (Lipinski definition) is 5. The second-order valence-corrected chi connectivity index (χ2v) is 6.67. The number of benzene rings is 1. The van der Waals surface area contributed by atoms with Crippen molar-refractivity contribution in [3.05, 3.63) is 75.4 Å². The molecule has 0 saturated carbocycles. The lowest BCUT2D eigenvalue weighted by Gasteiger charge is -2.04. The molecular formula is C20H20ClN3O3. The van der Waals surface area contributed by atoms with Crippen molar-refractivity contribution in [1.82, 2.24) is 14.9 Å². The molecule has 27 heavy (non-hydrogen) atoms. The Morgan fingerprint density at radius 1 is 1.26 bits per heavy atom. The number of carbonyl (C=O) groups excluding carboxylic acids is 1. The molecule has 0 bridgehead atoms. The molecule has 0 aliphatic carbocycles. The Labute approximate surface area is 162 Å². The van der Waals surface area contributed by atoms with Crippen molar-refractivity contribution < 1.29 is 14.1 Å². The fraction of sp³-hybridized carbons (Fsp3) is 0.250. The van der Waals surface area contributed by atoms with Crippen LogP contribution < -0.4 is 0 Å². The SMILES string of the molecule is Cc1ccc(Cn2nc(C)c(/C=C/C(=O)OCc3cc(C)no3)c2Cl)cc1. The predicted octanol–water partition coefficient (Wildman–Crippen LogP) is 4.25. The van der Waals surface area contributed by atoms with E-state index in [1.54, 1.807) is 23.7 Å². The number of carbonyl (C=O) groups is 1. The highest BCUT2D eigenvalue weighted by molar-refractivity contribution is 6.31. The van der Waals surface area contributed by atoms with Gasteiger partial charge in [-0.05, 0) is 32.4 Å². The van der Waals surface area contributed by atoms with Crippen LogP contribution in [0.4, 0.5) is 0 Å². The van der Waals surface area contributed by atoms with Gasteiger partial charge in [0.05, 0.1) is 17.9 Å². The lowest BCUT2D eigenvalue weighted by molar-refractivity contribution is -0.139. The number of nitrogens with zero attached hydrogens (tertiary/aromatic N) is 3. The van der Waals surface area contributed by atoms with E-state index in [9.17, 15) is 4.79 Å². The van der Waals surface area contributed by atoms with Crippen molar-refractivity contribution in [3.8, 4) is 0 Å². The van der Waals surface area contributed by atoms with Crippen molar-refractivity contribution >= 4 is 23.6 Å². The Bertz CT molecular complexity index is 971. The minimum absolute atomic E-state index is 0.0312. The molecule has 7 heteroatoms. The molecule has 3 rings (SSSR count). The van der Waals surface area contributed by atoms with Crippen LogP contribution >= 0.6 is 11.6 Å². The molecule has 0 atom stereocenters. The molecule has 2 aromatic heterocycles. The third-order valence-electron chi connectivity index (χ3n) is 3.98. The first kappa shape index (κ1) is 18.9. The Balaban J connectivity index is 1.65. The van der Waals surface area contributed by atoms with E-state index in [0.717, 1.165) is 17.0 Å². The summed E-state index contributed by atoms with van der Waals surface area (Å²) in [4.78, 5) is 11.9. The van der Waals surface area contributed by atoms with Crippen LogP contribution in [0.15, 0.2) is 40.9 Å². The van der Waals surface area contributed by atoms with Crippen molar-refractivity contribution in [1.29, 1.82) is 0 Å². The van der Waals surface area contributed by atoms with Crippen molar-refractivity contribution in [2.24, 2.45) is 0 Å². The fourth-order valence-electron chi connectivity index (χ4n) is 2.55. The molecule has 1 aromatic carbocycles. The summed E-state index contributed by atoms with van der Waals surface area (Å²) in [6.07, 6.45) is 2.94. The number of aromatic nitrogens is 3. The lowest BCUT2D eigenvalue weighted by atomic mass is 10.1. The molecule has 0 fully saturated rings. The zero-order chi connectivity index (χ0) is 19.4. The van der Waals surface area contributed by atoms with Gasteiger partial charge < -0.3 is 9.26 Å². The van der Waals surface area contributed by atoms with E-state index in [4.69, 9.17) is 20.9 Å². The van der Waals surface area contributed by atoms with Gasteiger partial charge in [-0.3, -0.25) is 0 Å². The summed E-state index contributed by atoms with van der Waals surface area (Å²) in [5.74, 6) is 0.000171. The Morgan fingerprint density at radius 2 is 2.00 bits per heavy atom. The molecule has 0 unspecified atom stereocenters. The molecule has 0 amide bonds. The van der Waals surface area contributed by atoms with Gasteiger partial charge in [0.2, 0.25) is 0 Å². The van der Waals surface area contributed by atoms with Gasteiger partial charge in [-0.25, -0.2) is 9.48 Å². The predicted molar refractivity (Wildman–Crippen MR) is 102 cm³/mol. The fourth-order valence-corrected chi connectivity index (χ4v) is 2.85. The maximum atomic E-state index is 11.9. The standard InChI is InChI=1S/C20H20ClN3O3/c1-13-4-6-16(7-5-13)11-24-20(21)18(15(3)22-24)8-9-19(25)26-12-17-10-14(2)23-27-17/h4-10H,11-12H2,1-3H3/b9-8+. The minimum atomic E-state index is -0.495. The van der Waals surface area contributed by atoms with Crippen LogP contribution in [-0.4, -0.2) is 20.9 Å². The van der Waals surface area contributed by atoms with Crippen LogP contribution in [0, 0.1) is 20.8 Å². The second-order valence-electron chi connectivity index (χ2n) is 6.31. The van der Waals surface area contributed by atoms with Gasteiger partial charge in [-0.15, -0.1) is 0 Å². The van der Waals surface area contributed by atoms with E-state index >= 15 is 0 Å². The van der Waals surface area contributed by atoms with Crippen molar-refractivity contribution in [2.45, 2.75) is 33.9 Å². The van der Waals surface area contributed by atoms with Gasteiger partial charge in [0.15, 0.2) is 12.4 Å². The highest BCUT2D eigenvalue weighted by Crippen LogP contribution is 2.22. The molecule has 0 spiro atoms. The summed E-state index contributed by atoms with van der Waals surface area (Å²) in [6.45, 7) is 6.28. The normalized spacial score (nSPS) is 11.3. The molecule has 0 aliphatic heterocycles. The summed E-state index contributed by atoms with van der Waals surface area (Å²) < 4.78 is 11.8. The van der Waals surface area contributed by atoms with Crippen LogP contribution in [0.1, 0.15) is 33.8 Å². The lowest BCUT2D eigenvalue weighted by Crippen LogP contribution is -2.02. The Morgan fingerprint density at radius 3 is 2.67 bits per heavy atom. The molecular weight excluding hydrogens is 366 g/mol. The van der Waals surface area contributed by atoms with Gasteiger partial charge in [0, 0.05) is 17.7 Å². The zero-order valence-corrected chi connectivity index (χ0v) is 16.2. The number of ether oxygens (including phenoxy) is 1. The number of halogens is 1. The highest BCUT2D eigenvalue weighted by atomic mass is 35.5. The van der Waals surface area contributed by atoms with Gasteiger partial charge in [-0.1, -0.05) is 46.6 Å². The van der Waals surface area contributed by atoms with E-state index in [1.165, 1.54) is 11.6 Å². The summed E-state index contributed by atoms with van der Waals surface area (Å²) in [5.41, 5.74) is 4.46. The largest absolute Gasteiger partial charge is 0.454 e. The number of hydrogen-bond donors (Lipinski definition) is 0. The average molecular weight is 386 g/mol. The maximum absolute atomic E-state index is 11.9. The van der Waals surface area contributed by atoms with Crippen molar-refractivity contribution in [2.75, 3.05) is 0 Å². The summed E-state index contributed by atoms with van der Waals surface area (Å²) >= 11 is 6.44. The number of esters is 1. The molecule has 0 aliphatic rings. The van der Waals surface area contributed by atoms with Gasteiger partial charge in [0.25, 0.3) is 0 Å². The van der Waals surface area contributed by atoms with Gasteiger partial charge in [0.1, 0.15) is 5.15 Å². The maximum Gasteiger partial charge on any atom is 0.331 e. The molecule has 3 aromatic rings. The average Bonchev–Trinajstić information content (AvgIpc) is 3.17. The molecule has 0 saturated heterocycles. The van der Waals surface area contributed by atoms with E-state index in [2.05, 4.69) is 10.3 Å². The zero-order valence-electron chi connectivity index (χ0n) is 15.4. The van der Waals surface area contributed by atoms with Crippen LogP contribution in [0.2, 0.25) is 5.15 Å². The number of rotatable bonds is 6. The van der Waals surface area contributed by atoms with Gasteiger partial charge >= 0.3 is 5.97 Å². The van der Waals surface area contributed by atoms with Crippen LogP contribution in [-0.2, 0) is 22.7 Å². The monoisotopic (exact) mass is 385 g/mol.